The first kappa shape index (κ1) is 21.3. The molecule has 0 aliphatic carbocycles. The molecule has 144 valence electrons. The van der Waals surface area contributed by atoms with Crippen molar-refractivity contribution in [2.75, 3.05) is 32.2 Å². The first-order valence-electron chi connectivity index (χ1n) is 8.05. The number of carbonyl (C=O) groups is 2. The molecule has 0 aliphatic rings. The molecule has 1 aromatic carbocycles. The number of aliphatic carboxylic acids is 1. The number of hydrogen-bond donors (Lipinski definition) is 3. The zero-order valence-corrected chi connectivity index (χ0v) is 14.7. The lowest BCUT2D eigenvalue weighted by atomic mass is 10.1. The van der Waals surface area contributed by atoms with Crippen molar-refractivity contribution >= 4 is 23.3 Å². The Bertz CT molecular complexity index is 636. The lowest BCUT2D eigenvalue weighted by Crippen LogP contribution is -2.40. The average molecular weight is 369 g/mol. The molecule has 0 saturated heterocycles. The maximum absolute atomic E-state index is 12.1. The number of nitro groups is 1. The second kappa shape index (κ2) is 11.0. The smallest absolute Gasteiger partial charge is 0.321 e. The Kier molecular flexibility index (Phi) is 9.02. The van der Waals surface area contributed by atoms with Crippen molar-refractivity contribution in [3.05, 3.63) is 28.3 Å². The van der Waals surface area contributed by atoms with Crippen LogP contribution in [0.1, 0.15) is 19.8 Å². The molecule has 0 unspecified atom stereocenters. The number of nitrogens with zero attached hydrogens (tertiary/aromatic N) is 1. The van der Waals surface area contributed by atoms with E-state index in [9.17, 15) is 24.8 Å². The van der Waals surface area contributed by atoms with E-state index >= 15 is 0 Å². The molecule has 0 aliphatic heterocycles. The topological polar surface area (TPSA) is 140 Å². The second-order valence-electron chi connectivity index (χ2n) is 5.31. The minimum absolute atomic E-state index is 0.0213. The van der Waals surface area contributed by atoms with Crippen LogP contribution in [-0.2, 0) is 14.3 Å². The van der Waals surface area contributed by atoms with Crippen LogP contribution >= 0.6 is 0 Å². The molecule has 0 bridgehead atoms. The fraction of sp³-hybridized carbons (Fsp3) is 0.500. The van der Waals surface area contributed by atoms with Crippen LogP contribution in [0.4, 0.5) is 11.4 Å². The minimum Gasteiger partial charge on any atom is -0.494 e. The van der Waals surface area contributed by atoms with Crippen molar-refractivity contribution in [2.24, 2.45) is 0 Å². The predicted molar refractivity (Wildman–Crippen MR) is 93.4 cm³/mol. The third-order valence-electron chi connectivity index (χ3n) is 3.35. The number of carboxylic acid groups (broad SMARTS) is 1. The Morgan fingerprint density at radius 3 is 2.69 bits per heavy atom. The van der Waals surface area contributed by atoms with E-state index in [1.165, 1.54) is 25.3 Å². The lowest BCUT2D eigenvalue weighted by Gasteiger charge is -2.14. The molecule has 0 radical (unpaired) electrons. The third-order valence-corrected chi connectivity index (χ3v) is 3.35. The molecule has 10 nitrogen and oxygen atoms in total. The van der Waals surface area contributed by atoms with Gasteiger partial charge >= 0.3 is 5.97 Å². The van der Waals surface area contributed by atoms with Crippen molar-refractivity contribution in [3.8, 4) is 5.75 Å². The number of carboxylic acids is 1. The molecule has 10 heteroatoms. The van der Waals surface area contributed by atoms with Crippen LogP contribution < -0.4 is 15.4 Å². The van der Waals surface area contributed by atoms with Gasteiger partial charge in [-0.2, -0.15) is 0 Å². The summed E-state index contributed by atoms with van der Waals surface area (Å²) < 4.78 is 10.1. The summed E-state index contributed by atoms with van der Waals surface area (Å²) in [4.78, 5) is 33.9. The normalized spacial score (nSPS) is 11.6. The lowest BCUT2D eigenvalue weighted by molar-refractivity contribution is -0.384. The number of rotatable bonds is 12. The van der Waals surface area contributed by atoms with Gasteiger partial charge in [0, 0.05) is 13.7 Å². The summed E-state index contributed by atoms with van der Waals surface area (Å²) in [5.74, 6) is -1.52. The van der Waals surface area contributed by atoms with Crippen molar-refractivity contribution < 1.29 is 29.1 Å². The van der Waals surface area contributed by atoms with E-state index in [0.717, 1.165) is 0 Å². The summed E-state index contributed by atoms with van der Waals surface area (Å²) in [6.45, 7) is 2.91. The fourth-order valence-corrected chi connectivity index (χ4v) is 2.15. The van der Waals surface area contributed by atoms with Gasteiger partial charge < -0.3 is 25.2 Å². The Balaban J connectivity index is 2.75. The highest BCUT2D eigenvalue weighted by atomic mass is 16.6. The molecular formula is C16H23N3O7. The van der Waals surface area contributed by atoms with Gasteiger partial charge in [0.1, 0.15) is 17.5 Å². The summed E-state index contributed by atoms with van der Waals surface area (Å²) in [6, 6.07) is 2.94. The average Bonchev–Trinajstić information content (AvgIpc) is 2.58. The van der Waals surface area contributed by atoms with E-state index in [0.29, 0.717) is 31.9 Å². The van der Waals surface area contributed by atoms with Crippen LogP contribution in [0.15, 0.2) is 18.2 Å². The largest absolute Gasteiger partial charge is 0.494 e. The van der Waals surface area contributed by atoms with Crippen LogP contribution in [0.5, 0.6) is 5.75 Å². The molecule has 1 aromatic rings. The number of amides is 1. The van der Waals surface area contributed by atoms with Gasteiger partial charge in [0.15, 0.2) is 0 Å². The summed E-state index contributed by atoms with van der Waals surface area (Å²) >= 11 is 0. The predicted octanol–water partition coefficient (Wildman–Crippen LogP) is 1.40. The van der Waals surface area contributed by atoms with Gasteiger partial charge in [0.05, 0.1) is 24.0 Å². The van der Waals surface area contributed by atoms with Crippen LogP contribution in [-0.4, -0.2) is 54.8 Å². The van der Waals surface area contributed by atoms with Gasteiger partial charge in [0.25, 0.3) is 5.69 Å². The maximum atomic E-state index is 12.1. The van der Waals surface area contributed by atoms with Gasteiger partial charge in [-0.25, -0.2) is 0 Å². The van der Waals surface area contributed by atoms with Crippen LogP contribution in [0.2, 0.25) is 0 Å². The van der Waals surface area contributed by atoms with Gasteiger partial charge in [-0.15, -0.1) is 0 Å². The molecule has 3 N–H and O–H groups in total. The van der Waals surface area contributed by atoms with E-state index in [-0.39, 0.29) is 17.8 Å². The molecule has 26 heavy (non-hydrogen) atoms. The highest BCUT2D eigenvalue weighted by molar-refractivity contribution is 5.95. The molecular weight excluding hydrogens is 346 g/mol. The van der Waals surface area contributed by atoms with E-state index in [1.54, 1.807) is 6.92 Å². The van der Waals surface area contributed by atoms with E-state index in [4.69, 9.17) is 9.47 Å². The number of anilines is 1. The van der Waals surface area contributed by atoms with Crippen molar-refractivity contribution in [1.29, 1.82) is 0 Å². The molecule has 1 amide bonds. The highest BCUT2D eigenvalue weighted by Gasteiger charge is 2.23. The number of benzene rings is 1. The van der Waals surface area contributed by atoms with Crippen molar-refractivity contribution in [3.63, 3.8) is 0 Å². The van der Waals surface area contributed by atoms with E-state index < -0.39 is 22.8 Å². The summed E-state index contributed by atoms with van der Waals surface area (Å²) in [6.07, 6.45) is 0.221. The first-order chi connectivity index (χ1) is 12.4. The standard InChI is InChI=1S/C16H23N3O7/c1-3-26-11-5-6-12(14(9-11)19(23)24)18-15(20)10-13(16(21)22)17-7-4-8-25-2/h5-6,9,13,17H,3-4,7-8,10H2,1-2H3,(H,18,20)(H,21,22)/t13-/m0/s1. The summed E-state index contributed by atoms with van der Waals surface area (Å²) in [7, 11) is 1.53. The number of nitro benzene ring substituents is 1. The highest BCUT2D eigenvalue weighted by Crippen LogP contribution is 2.29. The number of hydrogen-bond acceptors (Lipinski definition) is 7. The Morgan fingerprint density at radius 2 is 2.12 bits per heavy atom. The van der Waals surface area contributed by atoms with E-state index in [2.05, 4.69) is 10.6 Å². The van der Waals surface area contributed by atoms with Gasteiger partial charge in [-0.1, -0.05) is 0 Å². The Morgan fingerprint density at radius 1 is 1.38 bits per heavy atom. The first-order valence-corrected chi connectivity index (χ1v) is 8.05. The van der Waals surface area contributed by atoms with E-state index in [1.807, 2.05) is 0 Å². The summed E-state index contributed by atoms with van der Waals surface area (Å²) in [5.41, 5.74) is -0.351. The fourth-order valence-electron chi connectivity index (χ4n) is 2.15. The zero-order chi connectivity index (χ0) is 19.5. The third kappa shape index (κ3) is 7.03. The number of methoxy groups -OCH3 is 1. The number of nitrogens with one attached hydrogen (secondary N) is 2. The summed E-state index contributed by atoms with van der Waals surface area (Å²) in [5, 5.41) is 25.5. The molecule has 1 rings (SSSR count). The van der Waals surface area contributed by atoms with Gasteiger partial charge in [-0.3, -0.25) is 19.7 Å². The maximum Gasteiger partial charge on any atom is 0.321 e. The Hall–Kier alpha value is -2.72. The second-order valence-corrected chi connectivity index (χ2v) is 5.31. The van der Waals surface area contributed by atoms with Crippen molar-refractivity contribution in [2.45, 2.75) is 25.8 Å². The van der Waals surface area contributed by atoms with Crippen LogP contribution in [0.25, 0.3) is 0 Å². The molecule has 0 spiro atoms. The molecule has 0 heterocycles. The Labute approximate surface area is 150 Å². The SMILES string of the molecule is CCOc1ccc(NC(=O)C[C@H](NCCCOC)C(=O)O)c([N+](=O)[O-])c1. The van der Waals surface area contributed by atoms with Crippen LogP contribution in [0, 0.1) is 10.1 Å². The molecule has 0 fully saturated rings. The van der Waals surface area contributed by atoms with Gasteiger partial charge in [0.2, 0.25) is 5.91 Å². The monoisotopic (exact) mass is 369 g/mol. The number of ether oxygens (including phenoxy) is 2. The number of carbonyl (C=O) groups excluding carboxylic acids is 1. The molecule has 0 saturated carbocycles. The quantitative estimate of drug-likeness (QED) is 0.285. The molecule has 0 aromatic heterocycles. The van der Waals surface area contributed by atoms with Gasteiger partial charge in [-0.05, 0) is 32.0 Å². The molecule has 1 atom stereocenters. The zero-order valence-electron chi connectivity index (χ0n) is 14.7. The van der Waals surface area contributed by atoms with Crippen LogP contribution in [0.3, 0.4) is 0 Å². The minimum atomic E-state index is -1.18. The van der Waals surface area contributed by atoms with Crippen molar-refractivity contribution in [1.82, 2.24) is 5.32 Å².